The number of para-hydroxylation sites is 1. The minimum atomic E-state index is -1.13. The maximum Gasteiger partial charge on any atom is 0.381 e. The maximum atomic E-state index is 14.4. The van der Waals surface area contributed by atoms with Crippen LogP contribution in [0.25, 0.3) is 23.1 Å². The molecule has 2 atom stereocenters. The van der Waals surface area contributed by atoms with Gasteiger partial charge in [0.25, 0.3) is 6.04 Å². The average Bonchev–Trinajstić information content (AvgIpc) is 3.17. The van der Waals surface area contributed by atoms with Gasteiger partial charge in [0.2, 0.25) is 11.2 Å². The summed E-state index contributed by atoms with van der Waals surface area (Å²) in [6, 6.07) is 20.6. The van der Waals surface area contributed by atoms with Crippen molar-refractivity contribution in [1.82, 2.24) is 0 Å². The van der Waals surface area contributed by atoms with Gasteiger partial charge in [-0.05, 0) is 153 Å². The molecule has 7 nitrogen and oxygen atoms in total. The summed E-state index contributed by atoms with van der Waals surface area (Å²) in [6.07, 6.45) is 18.4. The summed E-state index contributed by atoms with van der Waals surface area (Å²) in [5.41, 5.74) is 10.1. The summed E-state index contributed by atoms with van der Waals surface area (Å²) >= 11 is 0. The van der Waals surface area contributed by atoms with Gasteiger partial charge in [-0.15, -0.1) is 0 Å². The number of rotatable bonds is 17. The average molecular weight is 784 g/mol. The van der Waals surface area contributed by atoms with Crippen LogP contribution in [0.4, 0.5) is 5.69 Å². The molecule has 0 fully saturated rings. The summed E-state index contributed by atoms with van der Waals surface area (Å²) in [7, 11) is 4.00. The molecule has 1 aliphatic heterocycles. The Balaban J connectivity index is 1.33. The molecule has 2 heterocycles. The Labute approximate surface area is 346 Å². The van der Waals surface area contributed by atoms with Crippen LogP contribution in [-0.2, 0) is 16.0 Å². The molecule has 1 aromatic heterocycles. The smallest absolute Gasteiger partial charge is 0.381 e. The van der Waals surface area contributed by atoms with Crippen LogP contribution in [0.2, 0.25) is 0 Å². The number of allylic oxidation sites excluding steroid dienone is 6. The van der Waals surface area contributed by atoms with Crippen molar-refractivity contribution in [2.24, 2.45) is 0 Å². The van der Waals surface area contributed by atoms with Gasteiger partial charge in [-0.3, -0.25) is 4.79 Å². The summed E-state index contributed by atoms with van der Waals surface area (Å²) in [5.74, 6) is -0.427. The van der Waals surface area contributed by atoms with Gasteiger partial charge in [-0.1, -0.05) is 59.2 Å². The molecule has 2 unspecified atom stereocenters. The fourth-order valence-corrected chi connectivity index (χ4v) is 7.78. The van der Waals surface area contributed by atoms with Crippen LogP contribution in [0, 0.1) is 13.8 Å². The van der Waals surface area contributed by atoms with Crippen LogP contribution in [0.1, 0.15) is 120 Å². The van der Waals surface area contributed by atoms with Crippen molar-refractivity contribution in [3.05, 3.63) is 130 Å². The number of hydrogen-bond donors (Lipinski definition) is 1. The van der Waals surface area contributed by atoms with Crippen LogP contribution >= 0.6 is 0 Å². The molecule has 1 aliphatic rings. The molecule has 0 spiro atoms. The van der Waals surface area contributed by atoms with E-state index in [-0.39, 0.29) is 5.60 Å². The van der Waals surface area contributed by atoms with Crippen molar-refractivity contribution >= 4 is 40.7 Å². The van der Waals surface area contributed by atoms with Gasteiger partial charge in [-0.25, -0.2) is 4.79 Å². The Hall–Kier alpha value is -5.43. The number of nitrogens with zero attached hydrogens (tertiary/aromatic N) is 2. The fourth-order valence-electron chi connectivity index (χ4n) is 7.78. The molecule has 7 heteroatoms. The van der Waals surface area contributed by atoms with Gasteiger partial charge in [0.1, 0.15) is 23.5 Å². The molecule has 5 rings (SSSR count). The molecule has 0 amide bonds. The second-order valence-corrected chi connectivity index (χ2v) is 16.7. The Bertz CT molecular complexity index is 2220. The van der Waals surface area contributed by atoms with Gasteiger partial charge in [0, 0.05) is 48.9 Å². The zero-order chi connectivity index (χ0) is 42.0. The third-order valence-corrected chi connectivity index (χ3v) is 11.3. The van der Waals surface area contributed by atoms with E-state index in [1.807, 2.05) is 112 Å². The molecular formula is C51H63N2O5+. The molecule has 0 saturated heterocycles. The number of carboxylic acids is 1. The van der Waals surface area contributed by atoms with E-state index in [4.69, 9.17) is 9.47 Å². The largest absolute Gasteiger partial charge is 0.487 e. The van der Waals surface area contributed by atoms with Crippen molar-refractivity contribution in [3.63, 3.8) is 0 Å². The van der Waals surface area contributed by atoms with E-state index in [0.717, 1.165) is 96.0 Å². The number of pyridine rings is 1. The van der Waals surface area contributed by atoms with E-state index in [0.29, 0.717) is 11.4 Å². The number of carbonyl (C=O) groups is 2. The van der Waals surface area contributed by atoms with Gasteiger partial charge < -0.3 is 19.5 Å². The molecule has 3 aromatic carbocycles. The van der Waals surface area contributed by atoms with Crippen molar-refractivity contribution in [2.45, 2.75) is 118 Å². The number of ether oxygens (including phenoxy) is 2. The number of carbonyl (C=O) groups excluding carboxylic acids is 1. The minimum Gasteiger partial charge on any atom is -0.487 e. The highest BCUT2D eigenvalue weighted by molar-refractivity contribution is 5.83. The Morgan fingerprint density at radius 2 is 1.57 bits per heavy atom. The lowest BCUT2D eigenvalue weighted by atomic mass is 9.86. The third-order valence-electron chi connectivity index (χ3n) is 11.3. The number of carboxylic acid groups (broad SMARTS) is 1. The van der Waals surface area contributed by atoms with Crippen molar-refractivity contribution in [2.75, 3.05) is 19.0 Å². The lowest BCUT2D eigenvalue weighted by Crippen LogP contribution is -2.49. The van der Waals surface area contributed by atoms with Crippen molar-refractivity contribution in [3.8, 4) is 11.5 Å². The van der Waals surface area contributed by atoms with E-state index in [1.54, 1.807) is 4.57 Å². The predicted molar refractivity (Wildman–Crippen MR) is 239 cm³/mol. The SMILES string of the molecule is CC(C)=CCC/C(C)=C/CC/C(C)=C/CCC1(C)CCc2c(cc(C)c(OC(=O)C(CC(=O)O)[n+]3c(/C=C/c4ccc(N(C)C)cc4)ccc4ccccc43)c2C)O1. The normalized spacial score (nSPS) is 16.2. The Morgan fingerprint density at radius 3 is 2.24 bits per heavy atom. The van der Waals surface area contributed by atoms with E-state index < -0.39 is 24.4 Å². The standard InChI is InChI=1S/C51H62N2O5/c1-35(2)15-12-16-36(3)17-13-18-37(4)19-14-31-51(7)32-30-44-39(6)49(38(5)33-47(44)58-51)57-50(56)46(34-48(54)55)53-43(29-25-41-20-10-11-21-45(41)53)28-24-40-22-26-42(27-23-40)52(8)9/h10-11,15,17,19-29,33,46H,12-14,16,18,30-32,34H2,1-9H3/p+1/b36-17+,37-19+. The molecular weight excluding hydrogens is 721 g/mol. The molecule has 0 saturated carbocycles. The molecule has 58 heavy (non-hydrogen) atoms. The summed E-state index contributed by atoms with van der Waals surface area (Å²) in [6.45, 7) is 14.8. The first kappa shape index (κ1) is 43.7. The van der Waals surface area contributed by atoms with Gasteiger partial charge >= 0.3 is 11.9 Å². The van der Waals surface area contributed by atoms with Crippen LogP contribution in [-0.4, -0.2) is 36.7 Å². The van der Waals surface area contributed by atoms with Gasteiger partial charge in [-0.2, -0.15) is 4.57 Å². The minimum absolute atomic E-state index is 0.307. The zero-order valence-corrected chi connectivity index (χ0v) is 36.2. The number of hydrogen-bond acceptors (Lipinski definition) is 5. The number of aryl methyl sites for hydroxylation is 1. The quantitative estimate of drug-likeness (QED) is 0.0497. The third kappa shape index (κ3) is 11.6. The zero-order valence-electron chi connectivity index (χ0n) is 36.2. The number of esters is 1. The predicted octanol–water partition coefficient (Wildman–Crippen LogP) is 11.9. The highest BCUT2D eigenvalue weighted by Crippen LogP contribution is 2.42. The first-order valence-corrected chi connectivity index (χ1v) is 20.7. The number of aromatic nitrogens is 1. The summed E-state index contributed by atoms with van der Waals surface area (Å²) < 4.78 is 14.8. The van der Waals surface area contributed by atoms with Crippen LogP contribution < -0.4 is 18.9 Å². The topological polar surface area (TPSA) is 80.0 Å². The molecule has 4 aromatic rings. The number of fused-ring (bicyclic) bond motifs is 2. The lowest BCUT2D eigenvalue weighted by molar-refractivity contribution is -0.686. The second-order valence-electron chi connectivity index (χ2n) is 16.7. The van der Waals surface area contributed by atoms with Crippen molar-refractivity contribution in [1.29, 1.82) is 0 Å². The second kappa shape index (κ2) is 19.8. The molecule has 1 N–H and O–H groups in total. The van der Waals surface area contributed by atoms with Gasteiger partial charge in [0.05, 0.1) is 0 Å². The highest BCUT2D eigenvalue weighted by atomic mass is 16.5. The molecule has 0 aliphatic carbocycles. The summed E-state index contributed by atoms with van der Waals surface area (Å²) in [5, 5.41) is 11.0. The molecule has 306 valence electrons. The fraction of sp³-hybridized carbons (Fsp3) is 0.392. The first-order valence-electron chi connectivity index (χ1n) is 20.7. The molecule has 0 radical (unpaired) electrons. The van der Waals surface area contributed by atoms with Crippen LogP contribution in [0.15, 0.2) is 102 Å². The highest BCUT2D eigenvalue weighted by Gasteiger charge is 2.38. The van der Waals surface area contributed by atoms with Gasteiger partial charge in [0.15, 0.2) is 0 Å². The van der Waals surface area contributed by atoms with E-state index >= 15 is 0 Å². The van der Waals surface area contributed by atoms with E-state index in [1.165, 1.54) is 16.7 Å². The van der Waals surface area contributed by atoms with E-state index in [9.17, 15) is 14.7 Å². The monoisotopic (exact) mass is 783 g/mol. The number of benzene rings is 3. The van der Waals surface area contributed by atoms with E-state index in [2.05, 4.69) is 52.8 Å². The maximum absolute atomic E-state index is 14.4. The van der Waals surface area contributed by atoms with Crippen LogP contribution in [0.5, 0.6) is 11.5 Å². The van der Waals surface area contributed by atoms with Crippen LogP contribution in [0.3, 0.4) is 0 Å². The Kier molecular flexibility index (Phi) is 14.9. The Morgan fingerprint density at radius 1 is 0.897 bits per heavy atom. The number of anilines is 1. The lowest BCUT2D eigenvalue weighted by Gasteiger charge is -2.37. The van der Waals surface area contributed by atoms with Crippen molar-refractivity contribution < 1.29 is 28.7 Å². The molecule has 0 bridgehead atoms. The first-order chi connectivity index (χ1) is 27.6. The summed E-state index contributed by atoms with van der Waals surface area (Å²) in [4.78, 5) is 28.8. The number of aliphatic carboxylic acids is 1.